The highest BCUT2D eigenvalue weighted by Crippen LogP contribution is 2.21. The quantitative estimate of drug-likeness (QED) is 0.254. The molecule has 0 aliphatic rings. The predicted octanol–water partition coefficient (Wildman–Crippen LogP) is 2.97. The second kappa shape index (κ2) is 9.40. The smallest absolute Gasteiger partial charge is 0.262 e. The zero-order chi connectivity index (χ0) is 19.2. The summed E-state index contributed by atoms with van der Waals surface area (Å²) in [7, 11) is 0.377. The average Bonchev–Trinajstić information content (AvgIpc) is 2.98. The van der Waals surface area contributed by atoms with Gasteiger partial charge in [-0.3, -0.25) is 10.1 Å². The van der Waals surface area contributed by atoms with Crippen molar-refractivity contribution in [3.8, 4) is 0 Å². The number of thioether (sulfide) groups is 1. The van der Waals surface area contributed by atoms with E-state index in [0.29, 0.717) is 17.9 Å². The summed E-state index contributed by atoms with van der Waals surface area (Å²) in [6.07, 6.45) is 0.369. The van der Waals surface area contributed by atoms with Gasteiger partial charge in [0.15, 0.2) is 0 Å². The molecule has 0 spiro atoms. The molecule has 0 aliphatic heterocycles. The number of thiophene rings is 1. The van der Waals surface area contributed by atoms with Gasteiger partial charge in [0.25, 0.3) is 10.0 Å². The van der Waals surface area contributed by atoms with Crippen LogP contribution in [0.25, 0.3) is 0 Å². The van der Waals surface area contributed by atoms with Crippen LogP contribution < -0.4 is 10.5 Å². The van der Waals surface area contributed by atoms with E-state index in [9.17, 15) is 8.42 Å². The minimum absolute atomic E-state index is 0.00654. The molecule has 0 saturated heterocycles. The van der Waals surface area contributed by atoms with E-state index in [1.807, 2.05) is 14.1 Å². The van der Waals surface area contributed by atoms with Gasteiger partial charge in [-0.15, -0.1) is 11.3 Å². The maximum atomic E-state index is 12.2. The summed E-state index contributed by atoms with van der Waals surface area (Å²) in [6.45, 7) is 0.937. The fraction of sp³-hybridized carbons (Fsp3) is 0.353. The summed E-state index contributed by atoms with van der Waals surface area (Å²) in [6, 6.07) is 8.12. The number of nitrogens with two attached hydrogens (primary N) is 1. The number of rotatable bonds is 9. The highest BCUT2D eigenvalue weighted by Gasteiger charge is 2.15. The van der Waals surface area contributed by atoms with Crippen LogP contribution >= 0.6 is 23.1 Å². The lowest BCUT2D eigenvalue weighted by atomic mass is 10.3. The largest absolute Gasteiger partial charge is 0.399 e. The van der Waals surface area contributed by atoms with Crippen LogP contribution in [0.4, 0.5) is 5.69 Å². The Morgan fingerprint density at radius 2 is 2.00 bits per heavy atom. The molecule has 0 unspecified atom stereocenters. The van der Waals surface area contributed by atoms with Gasteiger partial charge in [0.1, 0.15) is 5.84 Å². The van der Waals surface area contributed by atoms with Crippen molar-refractivity contribution >= 4 is 44.6 Å². The van der Waals surface area contributed by atoms with Crippen molar-refractivity contribution in [2.75, 3.05) is 25.6 Å². The standard InChI is InChI=1S/C17H24N4O2S3/c1-21(2)10-15-9-13(12-25-15)11-24-8-7-17(19)20-26(22,23)16-5-3-14(18)4-6-16/h3-6,9,12H,7-8,10-11,18H2,1-2H3,(H2,19,20). The van der Waals surface area contributed by atoms with Crippen molar-refractivity contribution < 1.29 is 8.42 Å². The number of amidine groups is 1. The molecule has 1 aromatic carbocycles. The van der Waals surface area contributed by atoms with Crippen LogP contribution in [-0.2, 0) is 22.3 Å². The van der Waals surface area contributed by atoms with Crippen LogP contribution in [0.1, 0.15) is 16.9 Å². The van der Waals surface area contributed by atoms with E-state index in [1.54, 1.807) is 23.1 Å². The number of benzene rings is 1. The molecular formula is C17H24N4O2S3. The van der Waals surface area contributed by atoms with Crippen molar-refractivity contribution in [2.24, 2.45) is 0 Å². The fourth-order valence-electron chi connectivity index (χ4n) is 2.18. The van der Waals surface area contributed by atoms with Crippen LogP contribution in [-0.4, -0.2) is 39.0 Å². The SMILES string of the molecule is CN(C)Cc1cc(CSCCC(=N)NS(=O)(=O)c2ccc(N)cc2)cs1. The number of hydrogen-bond acceptors (Lipinski definition) is 7. The van der Waals surface area contributed by atoms with Gasteiger partial charge in [-0.05, 0) is 55.4 Å². The molecule has 0 fully saturated rings. The van der Waals surface area contributed by atoms with Crippen LogP contribution in [0, 0.1) is 5.41 Å². The van der Waals surface area contributed by atoms with Crippen molar-refractivity contribution in [2.45, 2.75) is 23.6 Å². The van der Waals surface area contributed by atoms with E-state index in [0.717, 1.165) is 12.3 Å². The Morgan fingerprint density at radius 3 is 2.65 bits per heavy atom. The minimum Gasteiger partial charge on any atom is -0.399 e. The highest BCUT2D eigenvalue weighted by molar-refractivity contribution is 7.98. The number of nitrogens with zero attached hydrogens (tertiary/aromatic N) is 1. The Labute approximate surface area is 163 Å². The Morgan fingerprint density at radius 1 is 1.31 bits per heavy atom. The van der Waals surface area contributed by atoms with E-state index in [4.69, 9.17) is 11.1 Å². The number of anilines is 1. The van der Waals surface area contributed by atoms with Crippen LogP contribution in [0.2, 0.25) is 0 Å². The third-order valence-electron chi connectivity index (χ3n) is 3.39. The van der Waals surface area contributed by atoms with Gasteiger partial charge in [0, 0.05) is 35.0 Å². The zero-order valence-corrected chi connectivity index (χ0v) is 17.3. The van der Waals surface area contributed by atoms with Crippen molar-refractivity contribution in [3.05, 3.63) is 46.2 Å². The zero-order valence-electron chi connectivity index (χ0n) is 14.9. The number of nitrogen functional groups attached to an aromatic ring is 1. The Bertz CT molecular complexity index is 830. The van der Waals surface area contributed by atoms with E-state index in [-0.39, 0.29) is 10.7 Å². The van der Waals surface area contributed by atoms with Gasteiger partial charge < -0.3 is 10.6 Å². The van der Waals surface area contributed by atoms with Crippen LogP contribution in [0.3, 0.4) is 0 Å². The van der Waals surface area contributed by atoms with Gasteiger partial charge in [0.2, 0.25) is 0 Å². The molecule has 1 heterocycles. The summed E-state index contributed by atoms with van der Waals surface area (Å²) in [4.78, 5) is 3.57. The fourth-order valence-corrected chi connectivity index (χ4v) is 5.23. The first kappa shape index (κ1) is 20.8. The summed E-state index contributed by atoms with van der Waals surface area (Å²) >= 11 is 3.44. The van der Waals surface area contributed by atoms with E-state index < -0.39 is 10.0 Å². The van der Waals surface area contributed by atoms with Crippen LogP contribution in [0.5, 0.6) is 0 Å². The number of hydrogen-bond donors (Lipinski definition) is 3. The topological polar surface area (TPSA) is 99.3 Å². The molecule has 1 aromatic heterocycles. The molecule has 2 rings (SSSR count). The lowest BCUT2D eigenvalue weighted by molar-refractivity contribution is 0.406. The lowest BCUT2D eigenvalue weighted by Gasteiger charge is -2.09. The minimum atomic E-state index is -3.72. The lowest BCUT2D eigenvalue weighted by Crippen LogP contribution is -2.30. The predicted molar refractivity (Wildman–Crippen MR) is 111 cm³/mol. The first-order chi connectivity index (χ1) is 12.3. The highest BCUT2D eigenvalue weighted by atomic mass is 32.2. The third-order valence-corrected chi connectivity index (χ3v) is 6.80. The second-order valence-corrected chi connectivity index (χ2v) is 9.90. The molecule has 9 heteroatoms. The molecule has 0 saturated carbocycles. The first-order valence-corrected chi connectivity index (χ1v) is 11.5. The maximum Gasteiger partial charge on any atom is 0.262 e. The average molecular weight is 413 g/mol. The number of sulfonamides is 1. The van der Waals surface area contributed by atoms with E-state index in [1.165, 1.54) is 34.7 Å². The third kappa shape index (κ3) is 6.64. The van der Waals surface area contributed by atoms with E-state index in [2.05, 4.69) is 21.1 Å². The molecular weight excluding hydrogens is 388 g/mol. The molecule has 6 nitrogen and oxygen atoms in total. The summed E-state index contributed by atoms with van der Waals surface area (Å²) < 4.78 is 26.7. The molecule has 0 radical (unpaired) electrons. The van der Waals surface area contributed by atoms with Crippen molar-refractivity contribution in [3.63, 3.8) is 0 Å². The number of nitrogens with one attached hydrogen (secondary N) is 2. The Kier molecular flexibility index (Phi) is 7.51. The molecule has 142 valence electrons. The molecule has 0 atom stereocenters. The van der Waals surface area contributed by atoms with E-state index >= 15 is 0 Å². The summed E-state index contributed by atoms with van der Waals surface area (Å²) in [5, 5.41) is 10.0. The van der Waals surface area contributed by atoms with Gasteiger partial charge in [-0.25, -0.2) is 8.42 Å². The maximum absolute atomic E-state index is 12.2. The molecule has 0 bridgehead atoms. The van der Waals surface area contributed by atoms with Gasteiger partial charge >= 0.3 is 0 Å². The molecule has 0 amide bonds. The summed E-state index contributed by atoms with van der Waals surface area (Å²) in [5.74, 6) is 1.54. The van der Waals surface area contributed by atoms with Crippen molar-refractivity contribution in [1.82, 2.24) is 9.62 Å². The van der Waals surface area contributed by atoms with Gasteiger partial charge in [0.05, 0.1) is 4.90 Å². The monoisotopic (exact) mass is 412 g/mol. The summed E-state index contributed by atoms with van der Waals surface area (Å²) in [5.41, 5.74) is 7.33. The molecule has 0 aliphatic carbocycles. The van der Waals surface area contributed by atoms with Gasteiger partial charge in [-0.1, -0.05) is 0 Å². The molecule has 2 aromatic rings. The van der Waals surface area contributed by atoms with Gasteiger partial charge in [-0.2, -0.15) is 11.8 Å². The second-order valence-electron chi connectivity index (χ2n) is 6.11. The molecule has 26 heavy (non-hydrogen) atoms. The molecule has 4 N–H and O–H groups in total. The normalized spacial score (nSPS) is 11.7. The Balaban J connectivity index is 1.75. The van der Waals surface area contributed by atoms with Crippen molar-refractivity contribution in [1.29, 1.82) is 5.41 Å². The Hall–Kier alpha value is -1.55. The van der Waals surface area contributed by atoms with Crippen LogP contribution in [0.15, 0.2) is 40.6 Å². The first-order valence-electron chi connectivity index (χ1n) is 8.01.